The Kier molecular flexibility index (Phi) is 11.0. The second-order valence-electron chi connectivity index (χ2n) is 12.2. The summed E-state index contributed by atoms with van der Waals surface area (Å²) in [4.78, 5) is 52.3. The van der Waals surface area contributed by atoms with E-state index in [1.54, 1.807) is 19.9 Å². The van der Waals surface area contributed by atoms with E-state index in [-0.39, 0.29) is 34.1 Å². The molecule has 0 bridgehead atoms. The van der Waals surface area contributed by atoms with Crippen molar-refractivity contribution in [1.82, 2.24) is 9.91 Å². The van der Waals surface area contributed by atoms with E-state index >= 15 is 0 Å². The van der Waals surface area contributed by atoms with E-state index in [0.29, 0.717) is 18.7 Å². The summed E-state index contributed by atoms with van der Waals surface area (Å²) < 4.78 is 11.1. The minimum atomic E-state index is -1.11. The summed E-state index contributed by atoms with van der Waals surface area (Å²) in [6.07, 6.45) is 0.820. The topological polar surface area (TPSA) is 132 Å². The summed E-state index contributed by atoms with van der Waals surface area (Å²) in [6.45, 7) is 7.66. The molecule has 0 N–H and O–H groups in total. The van der Waals surface area contributed by atoms with Crippen LogP contribution in [0.4, 0.5) is 5.69 Å². The molecule has 0 radical (unpaired) electrons. The Labute approximate surface area is 274 Å². The zero-order chi connectivity index (χ0) is 34.3. The van der Waals surface area contributed by atoms with Crippen LogP contribution in [0.1, 0.15) is 62.6 Å². The van der Waals surface area contributed by atoms with Gasteiger partial charge in [-0.15, -0.1) is 4.91 Å². The van der Waals surface area contributed by atoms with Gasteiger partial charge in [0, 0.05) is 24.6 Å². The largest absolute Gasteiger partial charge is 0.466 e. The maximum atomic E-state index is 14.1. The van der Waals surface area contributed by atoms with Crippen molar-refractivity contribution < 1.29 is 24.0 Å². The van der Waals surface area contributed by atoms with Gasteiger partial charge in [-0.25, -0.2) is 14.6 Å². The lowest BCUT2D eigenvalue weighted by Gasteiger charge is -2.36. The smallest absolute Gasteiger partial charge is 0.337 e. The fourth-order valence-electron chi connectivity index (χ4n) is 6.27. The lowest BCUT2D eigenvalue weighted by molar-refractivity contribution is -0.384. The molecule has 0 fully saturated rings. The molecular formula is C36H40N4O7. The predicted molar refractivity (Wildman–Crippen MR) is 178 cm³/mol. The van der Waals surface area contributed by atoms with Gasteiger partial charge in [0.05, 0.1) is 45.8 Å². The van der Waals surface area contributed by atoms with E-state index < -0.39 is 28.4 Å². The number of ether oxygens (including phenoxy) is 2. The minimum absolute atomic E-state index is 0.0416. The number of rotatable bonds is 13. The SMILES string of the molecule is COC(=O)C1=C(C)N(N=O)C(C)=C(C(=O)OC(C)(C)CN(C)CCC(c2ccccc2)c2ccccc2)C1c1cccc([N+](=O)[O-])c1. The van der Waals surface area contributed by atoms with E-state index in [1.807, 2.05) is 43.4 Å². The first-order valence-electron chi connectivity index (χ1n) is 15.3. The summed E-state index contributed by atoms with van der Waals surface area (Å²) in [7, 11) is 3.13. The number of esters is 2. The van der Waals surface area contributed by atoms with Crippen LogP contribution in [0.25, 0.3) is 0 Å². The van der Waals surface area contributed by atoms with Gasteiger partial charge in [0.15, 0.2) is 0 Å². The number of nitro benzene ring substituents is 1. The van der Waals surface area contributed by atoms with Gasteiger partial charge >= 0.3 is 11.9 Å². The number of nitro groups is 1. The summed E-state index contributed by atoms with van der Waals surface area (Å²) in [5.74, 6) is -2.54. The molecule has 0 spiro atoms. The number of hydrogen-bond acceptors (Lipinski definition) is 9. The number of methoxy groups -OCH3 is 1. The van der Waals surface area contributed by atoms with Gasteiger partial charge in [-0.1, -0.05) is 72.8 Å². The summed E-state index contributed by atoms with van der Waals surface area (Å²) in [6, 6.07) is 26.3. The Balaban J connectivity index is 1.60. The molecule has 0 aliphatic carbocycles. The van der Waals surface area contributed by atoms with Crippen molar-refractivity contribution in [3.63, 3.8) is 0 Å². The molecule has 3 aromatic carbocycles. The van der Waals surface area contributed by atoms with Crippen LogP contribution in [-0.4, -0.2) is 59.6 Å². The van der Waals surface area contributed by atoms with Crippen molar-refractivity contribution >= 4 is 17.6 Å². The molecule has 47 heavy (non-hydrogen) atoms. The van der Waals surface area contributed by atoms with E-state index in [1.165, 1.54) is 50.3 Å². The molecular weight excluding hydrogens is 600 g/mol. The maximum absolute atomic E-state index is 14.1. The van der Waals surface area contributed by atoms with Crippen LogP contribution in [0.3, 0.4) is 0 Å². The molecule has 11 nitrogen and oxygen atoms in total. The lowest BCUT2D eigenvalue weighted by atomic mass is 9.80. The highest BCUT2D eigenvalue weighted by molar-refractivity contribution is 6.00. The van der Waals surface area contributed by atoms with Crippen LogP contribution in [0.5, 0.6) is 0 Å². The number of benzene rings is 3. The highest BCUT2D eigenvalue weighted by Crippen LogP contribution is 2.44. The number of hydrogen-bond donors (Lipinski definition) is 0. The average molecular weight is 641 g/mol. The number of allylic oxidation sites excluding steroid dienone is 2. The zero-order valence-corrected chi connectivity index (χ0v) is 27.5. The van der Waals surface area contributed by atoms with Crippen LogP contribution in [0.2, 0.25) is 0 Å². The zero-order valence-electron chi connectivity index (χ0n) is 27.5. The quantitative estimate of drug-likeness (QED) is 0.0849. The van der Waals surface area contributed by atoms with Crippen LogP contribution in [0.15, 0.2) is 113 Å². The first-order chi connectivity index (χ1) is 22.4. The van der Waals surface area contributed by atoms with Gasteiger partial charge in [-0.2, -0.15) is 0 Å². The van der Waals surface area contributed by atoms with Crippen molar-refractivity contribution in [3.05, 3.63) is 139 Å². The number of non-ortho nitro benzene ring substituents is 1. The fourth-order valence-corrected chi connectivity index (χ4v) is 6.27. The molecule has 0 saturated carbocycles. The maximum Gasteiger partial charge on any atom is 0.337 e. The second-order valence-corrected chi connectivity index (χ2v) is 12.2. The third-order valence-electron chi connectivity index (χ3n) is 8.34. The Morgan fingerprint density at radius 1 is 0.936 bits per heavy atom. The van der Waals surface area contributed by atoms with Crippen molar-refractivity contribution in [2.24, 2.45) is 5.29 Å². The monoisotopic (exact) mass is 640 g/mol. The normalized spacial score (nSPS) is 15.2. The van der Waals surface area contributed by atoms with E-state index in [4.69, 9.17) is 9.47 Å². The molecule has 1 atom stereocenters. The van der Waals surface area contributed by atoms with Crippen molar-refractivity contribution in [1.29, 1.82) is 0 Å². The first-order valence-corrected chi connectivity index (χ1v) is 15.3. The molecule has 1 heterocycles. The third-order valence-corrected chi connectivity index (χ3v) is 8.34. The van der Waals surface area contributed by atoms with Crippen LogP contribution in [-0.2, 0) is 19.1 Å². The molecule has 0 amide bonds. The summed E-state index contributed by atoms with van der Waals surface area (Å²) in [5.41, 5.74) is 1.67. The second kappa shape index (κ2) is 15.0. The molecule has 11 heteroatoms. The summed E-state index contributed by atoms with van der Waals surface area (Å²) in [5, 5.41) is 15.6. The van der Waals surface area contributed by atoms with Gasteiger partial charge in [-0.05, 0) is 64.4 Å². The molecule has 0 saturated heterocycles. The molecule has 1 unspecified atom stereocenters. The molecule has 0 aromatic heterocycles. The summed E-state index contributed by atoms with van der Waals surface area (Å²) >= 11 is 0. The Morgan fingerprint density at radius 2 is 1.49 bits per heavy atom. The highest BCUT2D eigenvalue weighted by atomic mass is 16.6. The van der Waals surface area contributed by atoms with Crippen molar-refractivity contribution in [3.8, 4) is 0 Å². The van der Waals surface area contributed by atoms with Crippen LogP contribution in [0, 0.1) is 15.0 Å². The van der Waals surface area contributed by atoms with Gasteiger partial charge < -0.3 is 14.4 Å². The third kappa shape index (κ3) is 7.98. The predicted octanol–water partition coefficient (Wildman–Crippen LogP) is 6.87. The molecule has 1 aliphatic rings. The van der Waals surface area contributed by atoms with Gasteiger partial charge in [0.2, 0.25) is 0 Å². The fraction of sp³-hybridized carbons (Fsp3) is 0.333. The Morgan fingerprint density at radius 3 is 2.00 bits per heavy atom. The van der Waals surface area contributed by atoms with E-state index in [0.717, 1.165) is 11.4 Å². The number of likely N-dealkylation sites (N-methyl/N-ethyl adjacent to an activating group) is 1. The highest BCUT2D eigenvalue weighted by Gasteiger charge is 2.43. The van der Waals surface area contributed by atoms with Gasteiger partial charge in [-0.3, -0.25) is 10.1 Å². The van der Waals surface area contributed by atoms with Gasteiger partial charge in [0.1, 0.15) is 5.60 Å². The number of carbonyl (C=O) groups is 2. The van der Waals surface area contributed by atoms with Gasteiger partial charge in [0.25, 0.3) is 5.69 Å². The van der Waals surface area contributed by atoms with Crippen molar-refractivity contribution in [2.75, 3.05) is 27.2 Å². The number of carbonyl (C=O) groups excluding carboxylic acids is 2. The Hall–Kier alpha value is -5.16. The van der Waals surface area contributed by atoms with E-state index in [9.17, 15) is 24.6 Å². The first kappa shape index (κ1) is 34.7. The van der Waals surface area contributed by atoms with E-state index in [2.05, 4.69) is 34.5 Å². The average Bonchev–Trinajstić information content (AvgIpc) is 3.05. The molecule has 4 rings (SSSR count). The lowest BCUT2D eigenvalue weighted by Crippen LogP contribution is -2.42. The number of nitroso groups, excluding NO2 is 1. The van der Waals surface area contributed by atoms with Crippen LogP contribution < -0.4 is 0 Å². The molecule has 1 aliphatic heterocycles. The minimum Gasteiger partial charge on any atom is -0.466 e. The standard InChI is InChI=1S/C36H40N4O7/c1-24-31(34(41)46-6)33(28-18-13-19-29(22-28)40(44)45)32(25(2)39(24)37-43)35(42)47-36(3,4)23-38(5)21-20-30(26-14-9-7-10-15-26)27-16-11-8-12-17-27/h7-19,22,30,33H,20-21,23H2,1-6H3. The van der Waals surface area contributed by atoms with Crippen molar-refractivity contribution in [2.45, 2.75) is 51.6 Å². The molecule has 3 aromatic rings. The Bertz CT molecular complexity index is 1650. The molecule has 246 valence electrons. The van der Waals surface area contributed by atoms with Crippen LogP contribution >= 0.6 is 0 Å². The number of nitrogens with zero attached hydrogens (tertiary/aromatic N) is 4.